The Morgan fingerprint density at radius 3 is 2.37 bits per heavy atom. The number of hydrogen-bond donors (Lipinski definition) is 0. The number of alkyl halides is 3. The van der Waals surface area contributed by atoms with Crippen molar-refractivity contribution in [3.05, 3.63) is 59.9 Å². The first-order valence-electron chi connectivity index (χ1n) is 9.61. The molecule has 158 valence electrons. The van der Waals surface area contributed by atoms with E-state index in [4.69, 9.17) is 0 Å². The predicted octanol–water partition coefficient (Wildman–Crippen LogP) is 3.41. The summed E-state index contributed by atoms with van der Waals surface area (Å²) in [4.78, 5) is 16.6. The maximum absolute atomic E-state index is 13.0. The molecular weight excluding hydrogens is 395 g/mol. The minimum atomic E-state index is -4.37. The second kappa shape index (κ2) is 7.55. The molecule has 4 rings (SSSR count). The molecule has 1 saturated heterocycles. The van der Waals surface area contributed by atoms with E-state index in [1.807, 2.05) is 34.8 Å². The highest BCUT2D eigenvalue weighted by molar-refractivity contribution is 5.93. The summed E-state index contributed by atoms with van der Waals surface area (Å²) in [6, 6.07) is 10.9. The maximum atomic E-state index is 13.0. The number of aromatic nitrogens is 3. The number of aryl methyl sites for hydroxylation is 2. The van der Waals surface area contributed by atoms with Crippen molar-refractivity contribution in [2.24, 2.45) is 14.1 Å². The first kappa shape index (κ1) is 20.1. The lowest BCUT2D eigenvalue weighted by atomic mass is 10.1. The summed E-state index contributed by atoms with van der Waals surface area (Å²) in [6.07, 6.45) is -2.46. The van der Waals surface area contributed by atoms with E-state index in [0.717, 1.165) is 23.5 Å². The Morgan fingerprint density at radius 1 is 1.00 bits per heavy atom. The minimum absolute atomic E-state index is 0.130. The Bertz CT molecular complexity index is 1060. The van der Waals surface area contributed by atoms with Crippen LogP contribution in [0.5, 0.6) is 0 Å². The van der Waals surface area contributed by atoms with Gasteiger partial charge in [0.05, 0.1) is 11.3 Å². The Morgan fingerprint density at radius 2 is 1.73 bits per heavy atom. The SMILES string of the molecule is Cn1cccc1-c1cc(C(=O)N2CCN(c3cccc(C(F)(F)F)c3)CC2)n(C)n1. The second-order valence-electron chi connectivity index (χ2n) is 7.37. The second-order valence-corrected chi connectivity index (χ2v) is 7.37. The molecule has 3 heterocycles. The van der Waals surface area contributed by atoms with E-state index in [1.165, 1.54) is 6.07 Å². The van der Waals surface area contributed by atoms with Crippen molar-refractivity contribution in [2.75, 3.05) is 31.1 Å². The summed E-state index contributed by atoms with van der Waals surface area (Å²) in [7, 11) is 3.65. The van der Waals surface area contributed by atoms with Gasteiger partial charge in [0.15, 0.2) is 0 Å². The summed E-state index contributed by atoms with van der Waals surface area (Å²) in [5.74, 6) is -0.130. The summed E-state index contributed by atoms with van der Waals surface area (Å²) < 4.78 is 42.4. The number of hydrogen-bond acceptors (Lipinski definition) is 3. The first-order valence-corrected chi connectivity index (χ1v) is 9.61. The molecule has 0 radical (unpaired) electrons. The molecule has 0 N–H and O–H groups in total. The standard InChI is InChI=1S/C21H22F3N5O/c1-26-8-4-7-18(26)17-14-19(27(2)25-17)20(30)29-11-9-28(10-12-29)16-6-3-5-15(13-16)21(22,23)24/h3-8,13-14H,9-12H2,1-2H3. The molecule has 0 unspecified atom stereocenters. The lowest BCUT2D eigenvalue weighted by Gasteiger charge is -2.36. The smallest absolute Gasteiger partial charge is 0.368 e. The number of carbonyl (C=O) groups is 1. The summed E-state index contributed by atoms with van der Waals surface area (Å²) in [5, 5.41) is 4.46. The Kier molecular flexibility index (Phi) is 5.05. The number of amides is 1. The van der Waals surface area contributed by atoms with Gasteiger partial charge in [0.1, 0.15) is 11.4 Å². The third-order valence-electron chi connectivity index (χ3n) is 5.41. The highest BCUT2D eigenvalue weighted by Crippen LogP contribution is 2.32. The van der Waals surface area contributed by atoms with Crippen molar-refractivity contribution in [1.82, 2.24) is 19.2 Å². The molecule has 0 atom stereocenters. The van der Waals surface area contributed by atoms with Gasteiger partial charge in [-0.1, -0.05) is 6.07 Å². The van der Waals surface area contributed by atoms with Crippen LogP contribution in [0.25, 0.3) is 11.4 Å². The Balaban J connectivity index is 1.45. The normalized spacial score (nSPS) is 15.0. The fourth-order valence-corrected chi connectivity index (χ4v) is 3.73. The van der Waals surface area contributed by atoms with Gasteiger partial charge >= 0.3 is 6.18 Å². The number of anilines is 1. The van der Waals surface area contributed by atoms with Gasteiger partial charge in [-0.15, -0.1) is 0 Å². The molecule has 0 spiro atoms. The van der Waals surface area contributed by atoms with E-state index in [9.17, 15) is 18.0 Å². The van der Waals surface area contributed by atoms with Crippen molar-refractivity contribution in [2.45, 2.75) is 6.18 Å². The minimum Gasteiger partial charge on any atom is -0.368 e. The molecule has 9 heteroatoms. The van der Waals surface area contributed by atoms with Crippen LogP contribution in [0, 0.1) is 0 Å². The van der Waals surface area contributed by atoms with Crippen LogP contribution in [-0.4, -0.2) is 51.3 Å². The van der Waals surface area contributed by atoms with Crippen LogP contribution in [0.15, 0.2) is 48.7 Å². The van der Waals surface area contributed by atoms with Gasteiger partial charge in [-0.05, 0) is 36.4 Å². The van der Waals surface area contributed by atoms with Crippen molar-refractivity contribution in [3.8, 4) is 11.4 Å². The van der Waals surface area contributed by atoms with Crippen LogP contribution in [0.1, 0.15) is 16.1 Å². The number of carbonyl (C=O) groups excluding carboxylic acids is 1. The fraction of sp³-hybridized carbons (Fsp3) is 0.333. The fourth-order valence-electron chi connectivity index (χ4n) is 3.73. The number of piperazine rings is 1. The van der Waals surface area contributed by atoms with Gasteiger partial charge in [-0.25, -0.2) is 0 Å². The van der Waals surface area contributed by atoms with E-state index >= 15 is 0 Å². The number of benzene rings is 1. The van der Waals surface area contributed by atoms with E-state index in [1.54, 1.807) is 28.8 Å². The first-order chi connectivity index (χ1) is 14.2. The number of halogens is 3. The van der Waals surface area contributed by atoms with Crippen LogP contribution in [0.4, 0.5) is 18.9 Å². The monoisotopic (exact) mass is 417 g/mol. The van der Waals surface area contributed by atoms with Gasteiger partial charge in [0, 0.05) is 52.2 Å². The average Bonchev–Trinajstić information content (AvgIpc) is 3.32. The lowest BCUT2D eigenvalue weighted by molar-refractivity contribution is -0.137. The highest BCUT2D eigenvalue weighted by Gasteiger charge is 2.31. The number of rotatable bonds is 3. The highest BCUT2D eigenvalue weighted by atomic mass is 19.4. The van der Waals surface area contributed by atoms with Crippen LogP contribution < -0.4 is 4.90 Å². The average molecular weight is 417 g/mol. The van der Waals surface area contributed by atoms with E-state index in [0.29, 0.717) is 37.6 Å². The molecule has 1 fully saturated rings. The molecular formula is C21H22F3N5O. The largest absolute Gasteiger partial charge is 0.416 e. The third kappa shape index (κ3) is 3.79. The van der Waals surface area contributed by atoms with Gasteiger partial charge < -0.3 is 14.4 Å². The Hall–Kier alpha value is -3.23. The van der Waals surface area contributed by atoms with Crippen LogP contribution in [0.3, 0.4) is 0 Å². The molecule has 1 aliphatic rings. The van der Waals surface area contributed by atoms with Gasteiger partial charge in [0.2, 0.25) is 0 Å². The zero-order chi connectivity index (χ0) is 21.5. The summed E-state index contributed by atoms with van der Waals surface area (Å²) in [5.41, 5.74) is 1.97. The van der Waals surface area contributed by atoms with E-state index < -0.39 is 11.7 Å². The van der Waals surface area contributed by atoms with Crippen molar-refractivity contribution >= 4 is 11.6 Å². The zero-order valence-electron chi connectivity index (χ0n) is 16.7. The van der Waals surface area contributed by atoms with E-state index in [2.05, 4.69) is 5.10 Å². The van der Waals surface area contributed by atoms with Crippen molar-refractivity contribution < 1.29 is 18.0 Å². The summed E-state index contributed by atoms with van der Waals surface area (Å²) in [6.45, 7) is 1.80. The van der Waals surface area contributed by atoms with E-state index in [-0.39, 0.29) is 5.91 Å². The molecule has 0 aliphatic carbocycles. The van der Waals surface area contributed by atoms with Gasteiger partial charge in [-0.3, -0.25) is 9.48 Å². The maximum Gasteiger partial charge on any atom is 0.416 e. The quantitative estimate of drug-likeness (QED) is 0.656. The van der Waals surface area contributed by atoms with Crippen LogP contribution in [-0.2, 0) is 20.3 Å². The summed E-state index contributed by atoms with van der Waals surface area (Å²) >= 11 is 0. The molecule has 3 aromatic rings. The lowest BCUT2D eigenvalue weighted by Crippen LogP contribution is -2.49. The third-order valence-corrected chi connectivity index (χ3v) is 5.41. The number of nitrogens with zero attached hydrogens (tertiary/aromatic N) is 5. The topological polar surface area (TPSA) is 46.3 Å². The zero-order valence-corrected chi connectivity index (χ0v) is 16.7. The predicted molar refractivity (Wildman–Crippen MR) is 107 cm³/mol. The molecule has 0 bridgehead atoms. The van der Waals surface area contributed by atoms with Crippen molar-refractivity contribution in [1.29, 1.82) is 0 Å². The molecule has 6 nitrogen and oxygen atoms in total. The molecule has 1 aliphatic heterocycles. The molecule has 30 heavy (non-hydrogen) atoms. The Labute approximate surface area is 172 Å². The molecule has 2 aromatic heterocycles. The molecule has 1 aromatic carbocycles. The van der Waals surface area contributed by atoms with Crippen LogP contribution >= 0.6 is 0 Å². The van der Waals surface area contributed by atoms with Gasteiger partial charge in [-0.2, -0.15) is 18.3 Å². The van der Waals surface area contributed by atoms with Crippen molar-refractivity contribution in [3.63, 3.8) is 0 Å². The molecule has 0 saturated carbocycles. The van der Waals surface area contributed by atoms with Crippen LogP contribution in [0.2, 0.25) is 0 Å². The molecule has 1 amide bonds. The van der Waals surface area contributed by atoms with Gasteiger partial charge in [0.25, 0.3) is 5.91 Å².